The van der Waals surface area contributed by atoms with E-state index in [1.807, 2.05) is 18.2 Å². The number of esters is 1. The summed E-state index contributed by atoms with van der Waals surface area (Å²) in [6, 6.07) is 9.51. The van der Waals surface area contributed by atoms with Gasteiger partial charge >= 0.3 is 5.97 Å². The van der Waals surface area contributed by atoms with E-state index in [2.05, 4.69) is 21.6 Å². The lowest BCUT2D eigenvalue weighted by Crippen LogP contribution is -2.51. The van der Waals surface area contributed by atoms with Crippen molar-refractivity contribution in [2.75, 3.05) is 20.2 Å². The van der Waals surface area contributed by atoms with Crippen molar-refractivity contribution in [3.8, 4) is 6.07 Å². The summed E-state index contributed by atoms with van der Waals surface area (Å²) in [7, 11) is 1.58. The van der Waals surface area contributed by atoms with Gasteiger partial charge in [-0.15, -0.1) is 0 Å². The number of aromatic amines is 1. The van der Waals surface area contributed by atoms with Crippen LogP contribution in [0.25, 0.3) is 10.9 Å². The standard InChI is InChI=1S/C21H25N5O4/c1-26(21(14-22)10-5-2-6-11-21)17(27)13-30-18(28)9-12-23-20(29)19-15-7-3-4-8-16(15)24-25-19/h3-4,7-8H,2,5-6,9-13H2,1H3,(H,23,29)(H,24,25). The first kappa shape index (κ1) is 21.3. The molecule has 9 nitrogen and oxygen atoms in total. The van der Waals surface area contributed by atoms with E-state index in [1.54, 1.807) is 13.1 Å². The van der Waals surface area contributed by atoms with Gasteiger partial charge in [-0.3, -0.25) is 19.5 Å². The highest BCUT2D eigenvalue weighted by molar-refractivity contribution is 6.04. The molecule has 0 radical (unpaired) electrons. The molecular weight excluding hydrogens is 386 g/mol. The van der Waals surface area contributed by atoms with E-state index in [4.69, 9.17) is 4.74 Å². The number of ether oxygens (including phenoxy) is 1. The molecule has 9 heteroatoms. The number of rotatable bonds is 7. The number of likely N-dealkylation sites (N-methyl/N-ethyl adjacent to an activating group) is 1. The second-order valence-corrected chi connectivity index (χ2v) is 7.44. The molecule has 1 fully saturated rings. The zero-order valence-electron chi connectivity index (χ0n) is 16.9. The van der Waals surface area contributed by atoms with E-state index in [-0.39, 0.29) is 18.7 Å². The number of benzene rings is 1. The van der Waals surface area contributed by atoms with Crippen molar-refractivity contribution in [2.24, 2.45) is 0 Å². The highest BCUT2D eigenvalue weighted by atomic mass is 16.5. The fourth-order valence-electron chi connectivity index (χ4n) is 3.71. The summed E-state index contributed by atoms with van der Waals surface area (Å²) in [5.41, 5.74) is 0.185. The number of amides is 2. The summed E-state index contributed by atoms with van der Waals surface area (Å²) in [4.78, 5) is 38.0. The van der Waals surface area contributed by atoms with Gasteiger partial charge in [0, 0.05) is 19.0 Å². The number of fused-ring (bicyclic) bond motifs is 1. The van der Waals surface area contributed by atoms with E-state index in [0.29, 0.717) is 18.2 Å². The van der Waals surface area contributed by atoms with Crippen molar-refractivity contribution < 1.29 is 19.1 Å². The molecule has 0 spiro atoms. The number of carbonyl (C=O) groups is 3. The molecule has 0 atom stereocenters. The largest absolute Gasteiger partial charge is 0.456 e. The first-order valence-corrected chi connectivity index (χ1v) is 10.0. The maximum absolute atomic E-state index is 12.4. The van der Waals surface area contributed by atoms with Gasteiger partial charge in [-0.05, 0) is 18.9 Å². The van der Waals surface area contributed by atoms with Gasteiger partial charge in [0.15, 0.2) is 12.3 Å². The SMILES string of the molecule is CN(C(=O)COC(=O)CCNC(=O)c1n[nH]c2ccccc12)C1(C#N)CCCCC1. The number of H-pyrrole nitrogens is 1. The minimum absolute atomic E-state index is 0.0605. The molecule has 1 aromatic heterocycles. The zero-order valence-corrected chi connectivity index (χ0v) is 16.9. The lowest BCUT2D eigenvalue weighted by Gasteiger charge is -2.38. The number of nitrogens with one attached hydrogen (secondary N) is 2. The molecule has 1 aliphatic carbocycles. The van der Waals surface area contributed by atoms with Crippen molar-refractivity contribution in [3.63, 3.8) is 0 Å². The van der Waals surface area contributed by atoms with Crippen molar-refractivity contribution in [2.45, 2.75) is 44.1 Å². The van der Waals surface area contributed by atoms with E-state index in [1.165, 1.54) is 4.90 Å². The van der Waals surface area contributed by atoms with Crippen LogP contribution in [-0.4, -0.2) is 58.6 Å². The van der Waals surface area contributed by atoms with Crippen LogP contribution in [0.4, 0.5) is 0 Å². The zero-order chi connectivity index (χ0) is 21.6. The third-order valence-corrected chi connectivity index (χ3v) is 5.56. The number of para-hydroxylation sites is 1. The van der Waals surface area contributed by atoms with Crippen LogP contribution in [0.15, 0.2) is 24.3 Å². The van der Waals surface area contributed by atoms with Crippen molar-refractivity contribution in [3.05, 3.63) is 30.0 Å². The topological polar surface area (TPSA) is 128 Å². The molecule has 0 saturated heterocycles. The number of nitriles is 1. The van der Waals surface area contributed by atoms with Crippen LogP contribution in [-0.2, 0) is 14.3 Å². The smallest absolute Gasteiger partial charge is 0.308 e. The summed E-state index contributed by atoms with van der Waals surface area (Å²) in [5.74, 6) is -1.40. The maximum Gasteiger partial charge on any atom is 0.308 e. The van der Waals surface area contributed by atoms with Gasteiger partial charge in [-0.25, -0.2) is 0 Å². The summed E-state index contributed by atoms with van der Waals surface area (Å²) in [6.45, 7) is -0.359. The highest BCUT2D eigenvalue weighted by Gasteiger charge is 2.38. The third-order valence-electron chi connectivity index (χ3n) is 5.56. The van der Waals surface area contributed by atoms with Gasteiger partial charge < -0.3 is 15.0 Å². The van der Waals surface area contributed by atoms with Crippen molar-refractivity contribution in [1.82, 2.24) is 20.4 Å². The molecule has 0 aliphatic heterocycles. The Morgan fingerprint density at radius 3 is 2.73 bits per heavy atom. The van der Waals surface area contributed by atoms with Crippen LogP contribution >= 0.6 is 0 Å². The predicted octanol–water partition coefficient (Wildman–Crippen LogP) is 1.91. The Balaban J connectivity index is 1.43. The van der Waals surface area contributed by atoms with Crippen molar-refractivity contribution in [1.29, 1.82) is 5.26 Å². The summed E-state index contributed by atoms with van der Waals surface area (Å²) >= 11 is 0. The van der Waals surface area contributed by atoms with E-state index < -0.39 is 29.9 Å². The predicted molar refractivity (Wildman–Crippen MR) is 108 cm³/mol. The summed E-state index contributed by atoms with van der Waals surface area (Å²) in [6.07, 6.45) is 4.04. The lowest BCUT2D eigenvalue weighted by atomic mass is 9.81. The van der Waals surface area contributed by atoms with Crippen LogP contribution in [0.2, 0.25) is 0 Å². The molecule has 2 N–H and O–H groups in total. The molecule has 0 unspecified atom stereocenters. The molecule has 3 rings (SSSR count). The molecule has 30 heavy (non-hydrogen) atoms. The number of nitrogens with zero attached hydrogens (tertiary/aromatic N) is 3. The Bertz CT molecular complexity index is 971. The van der Waals surface area contributed by atoms with Gasteiger partial charge in [-0.2, -0.15) is 10.4 Å². The normalized spacial score (nSPS) is 15.2. The highest BCUT2D eigenvalue weighted by Crippen LogP contribution is 2.32. The van der Waals surface area contributed by atoms with Gasteiger partial charge in [0.05, 0.1) is 18.0 Å². The Morgan fingerprint density at radius 2 is 2.00 bits per heavy atom. The fourth-order valence-corrected chi connectivity index (χ4v) is 3.71. The number of aromatic nitrogens is 2. The molecule has 0 bridgehead atoms. The van der Waals surface area contributed by atoms with Crippen LogP contribution < -0.4 is 5.32 Å². The van der Waals surface area contributed by atoms with Gasteiger partial charge in [-0.1, -0.05) is 37.5 Å². The summed E-state index contributed by atoms with van der Waals surface area (Å²) in [5, 5.41) is 19.7. The third kappa shape index (κ3) is 4.59. The molecule has 1 saturated carbocycles. The Hall–Kier alpha value is -3.41. The van der Waals surface area contributed by atoms with E-state index in [9.17, 15) is 19.6 Å². The van der Waals surface area contributed by atoms with Crippen molar-refractivity contribution >= 4 is 28.7 Å². The van der Waals surface area contributed by atoms with Gasteiger partial charge in [0.1, 0.15) is 5.54 Å². The monoisotopic (exact) mass is 411 g/mol. The van der Waals surface area contributed by atoms with Crippen LogP contribution in [0.5, 0.6) is 0 Å². The Kier molecular flexibility index (Phi) is 6.67. The quantitative estimate of drug-likeness (QED) is 0.670. The second kappa shape index (κ2) is 9.39. The van der Waals surface area contributed by atoms with Crippen LogP contribution in [0, 0.1) is 11.3 Å². The first-order chi connectivity index (χ1) is 14.5. The minimum Gasteiger partial charge on any atom is -0.456 e. The fraction of sp³-hybridized carbons (Fsp3) is 0.476. The lowest BCUT2D eigenvalue weighted by molar-refractivity contribution is -0.153. The molecule has 1 heterocycles. The second-order valence-electron chi connectivity index (χ2n) is 7.44. The molecule has 2 aromatic rings. The molecule has 1 aromatic carbocycles. The van der Waals surface area contributed by atoms with E-state index in [0.717, 1.165) is 24.8 Å². The van der Waals surface area contributed by atoms with Gasteiger partial charge in [0.25, 0.3) is 11.8 Å². The number of carbonyl (C=O) groups excluding carboxylic acids is 3. The summed E-state index contributed by atoms with van der Waals surface area (Å²) < 4.78 is 5.04. The Morgan fingerprint density at radius 1 is 1.27 bits per heavy atom. The maximum atomic E-state index is 12.4. The van der Waals surface area contributed by atoms with Crippen LogP contribution in [0.1, 0.15) is 49.0 Å². The molecule has 2 amide bonds. The average Bonchev–Trinajstić information content (AvgIpc) is 3.21. The molecular formula is C21H25N5O4. The molecule has 158 valence electrons. The average molecular weight is 411 g/mol. The Labute approximate surface area is 174 Å². The van der Waals surface area contributed by atoms with Gasteiger partial charge in [0.2, 0.25) is 0 Å². The van der Waals surface area contributed by atoms with Crippen LogP contribution in [0.3, 0.4) is 0 Å². The number of hydrogen-bond acceptors (Lipinski definition) is 6. The molecule has 1 aliphatic rings. The number of hydrogen-bond donors (Lipinski definition) is 2. The van der Waals surface area contributed by atoms with E-state index >= 15 is 0 Å². The minimum atomic E-state index is -0.817. The first-order valence-electron chi connectivity index (χ1n) is 10.0.